The Bertz CT molecular complexity index is 496. The maximum atomic E-state index is 10.2. The number of fused-ring (bicyclic) bond motifs is 5. The standard InChI is InChI=1S/C22H39NO2/c1-21-10-8-16(25)14-15(21)4-5-17-18-6-7-20(23(3)12-13-24)22(18,2)11-9-19(17)21/h15-20,24-25H,4-14H2,1-3H3/t15-,16+,17-,18+,19-,20-,21-,22-/m0/s1. The highest BCUT2D eigenvalue weighted by Gasteiger charge is 2.60. The highest BCUT2D eigenvalue weighted by molar-refractivity contribution is 5.11. The van der Waals surface area contributed by atoms with Gasteiger partial charge in [-0.1, -0.05) is 13.8 Å². The van der Waals surface area contributed by atoms with E-state index in [-0.39, 0.29) is 12.7 Å². The van der Waals surface area contributed by atoms with Gasteiger partial charge in [0.25, 0.3) is 0 Å². The predicted molar refractivity (Wildman–Crippen MR) is 101 cm³/mol. The zero-order chi connectivity index (χ0) is 17.8. The van der Waals surface area contributed by atoms with E-state index in [2.05, 4.69) is 25.8 Å². The Morgan fingerprint density at radius 3 is 2.40 bits per heavy atom. The normalized spacial score (nSPS) is 52.6. The van der Waals surface area contributed by atoms with Gasteiger partial charge in [0.15, 0.2) is 0 Å². The summed E-state index contributed by atoms with van der Waals surface area (Å²) >= 11 is 0. The van der Waals surface area contributed by atoms with Crippen LogP contribution in [-0.2, 0) is 0 Å². The summed E-state index contributed by atoms with van der Waals surface area (Å²) in [5.41, 5.74) is 0.932. The van der Waals surface area contributed by atoms with Crippen LogP contribution in [0.1, 0.15) is 71.6 Å². The van der Waals surface area contributed by atoms with E-state index >= 15 is 0 Å². The fourth-order valence-corrected chi connectivity index (χ4v) is 8.25. The van der Waals surface area contributed by atoms with Crippen LogP contribution in [0.5, 0.6) is 0 Å². The molecule has 4 rings (SSSR count). The number of nitrogens with zero attached hydrogens (tertiary/aromatic N) is 1. The summed E-state index contributed by atoms with van der Waals surface area (Å²) in [6.45, 7) is 6.24. The topological polar surface area (TPSA) is 43.7 Å². The molecule has 0 aromatic heterocycles. The van der Waals surface area contributed by atoms with Crippen molar-refractivity contribution >= 4 is 0 Å². The van der Waals surface area contributed by atoms with E-state index in [0.717, 1.165) is 43.1 Å². The van der Waals surface area contributed by atoms with Crippen molar-refractivity contribution in [2.45, 2.75) is 83.8 Å². The number of hydrogen-bond acceptors (Lipinski definition) is 3. The van der Waals surface area contributed by atoms with Gasteiger partial charge >= 0.3 is 0 Å². The maximum absolute atomic E-state index is 10.2. The molecule has 3 heteroatoms. The lowest BCUT2D eigenvalue weighted by Crippen LogP contribution is -2.56. The molecule has 0 aliphatic heterocycles. The highest BCUT2D eigenvalue weighted by Crippen LogP contribution is 2.66. The van der Waals surface area contributed by atoms with Crippen LogP contribution in [0.15, 0.2) is 0 Å². The third kappa shape index (κ3) is 2.72. The van der Waals surface area contributed by atoms with Crippen molar-refractivity contribution < 1.29 is 10.2 Å². The SMILES string of the molecule is CN(CCO)[C@H]1CC[C@@H]2[C@@H]3CC[C@H]4C[C@H](O)CC[C@]4(C)[C@H]3CC[C@@]21C. The Morgan fingerprint density at radius 1 is 0.920 bits per heavy atom. The molecule has 4 aliphatic rings. The van der Waals surface area contributed by atoms with E-state index in [0.29, 0.717) is 16.9 Å². The molecule has 4 fully saturated rings. The first-order valence-electron chi connectivity index (χ1n) is 10.9. The summed E-state index contributed by atoms with van der Waals surface area (Å²) in [4.78, 5) is 2.45. The second-order valence-electron chi connectivity index (χ2n) is 10.4. The van der Waals surface area contributed by atoms with Crippen molar-refractivity contribution in [3.63, 3.8) is 0 Å². The molecule has 3 nitrogen and oxygen atoms in total. The first kappa shape index (κ1) is 18.3. The van der Waals surface area contributed by atoms with Gasteiger partial charge in [0.2, 0.25) is 0 Å². The molecule has 0 bridgehead atoms. The van der Waals surface area contributed by atoms with Crippen molar-refractivity contribution in [3.8, 4) is 0 Å². The predicted octanol–water partition coefficient (Wildman–Crippen LogP) is 3.68. The van der Waals surface area contributed by atoms with Crippen LogP contribution >= 0.6 is 0 Å². The average molecular weight is 350 g/mol. The van der Waals surface area contributed by atoms with Crippen molar-refractivity contribution in [1.29, 1.82) is 0 Å². The zero-order valence-corrected chi connectivity index (χ0v) is 16.6. The van der Waals surface area contributed by atoms with Crippen molar-refractivity contribution in [1.82, 2.24) is 4.90 Å². The molecule has 0 saturated heterocycles. The Balaban J connectivity index is 1.56. The summed E-state index contributed by atoms with van der Waals surface area (Å²) in [5.74, 6) is 3.43. The number of aliphatic hydroxyl groups is 2. The quantitative estimate of drug-likeness (QED) is 0.817. The number of likely N-dealkylation sites (N-methyl/N-ethyl adjacent to an activating group) is 1. The second kappa shape index (κ2) is 6.49. The first-order valence-corrected chi connectivity index (χ1v) is 10.9. The molecule has 0 spiro atoms. The average Bonchev–Trinajstić information content (AvgIpc) is 2.93. The van der Waals surface area contributed by atoms with E-state index in [4.69, 9.17) is 0 Å². The molecule has 8 atom stereocenters. The van der Waals surface area contributed by atoms with Crippen LogP contribution in [0, 0.1) is 34.5 Å². The van der Waals surface area contributed by atoms with E-state index in [1.807, 2.05) is 0 Å². The van der Waals surface area contributed by atoms with E-state index in [1.54, 1.807) is 0 Å². The van der Waals surface area contributed by atoms with Gasteiger partial charge in [-0.25, -0.2) is 0 Å². The first-order chi connectivity index (χ1) is 11.9. The lowest BCUT2D eigenvalue weighted by atomic mass is 9.45. The Labute approximate surface area is 154 Å². The highest BCUT2D eigenvalue weighted by atomic mass is 16.3. The molecule has 25 heavy (non-hydrogen) atoms. The minimum atomic E-state index is -0.0357. The van der Waals surface area contributed by atoms with Crippen LogP contribution in [0.3, 0.4) is 0 Å². The zero-order valence-electron chi connectivity index (χ0n) is 16.6. The molecular formula is C22H39NO2. The largest absolute Gasteiger partial charge is 0.395 e. The molecular weight excluding hydrogens is 310 g/mol. The van der Waals surface area contributed by atoms with Crippen molar-refractivity contribution in [3.05, 3.63) is 0 Å². The summed E-state index contributed by atoms with van der Waals surface area (Å²) in [6.07, 6.45) is 11.5. The summed E-state index contributed by atoms with van der Waals surface area (Å²) in [6, 6.07) is 0.657. The van der Waals surface area contributed by atoms with Gasteiger partial charge < -0.3 is 15.1 Å². The smallest absolute Gasteiger partial charge is 0.0558 e. The minimum Gasteiger partial charge on any atom is -0.395 e. The lowest BCUT2D eigenvalue weighted by molar-refractivity contribution is -0.128. The molecule has 0 aromatic carbocycles. The fourth-order valence-electron chi connectivity index (χ4n) is 8.25. The van der Waals surface area contributed by atoms with Crippen LogP contribution in [0.4, 0.5) is 0 Å². The van der Waals surface area contributed by atoms with Gasteiger partial charge in [-0.15, -0.1) is 0 Å². The lowest BCUT2D eigenvalue weighted by Gasteiger charge is -2.61. The van der Waals surface area contributed by atoms with E-state index in [9.17, 15) is 10.2 Å². The fraction of sp³-hybridized carbons (Fsp3) is 1.00. The minimum absolute atomic E-state index is 0.0357. The van der Waals surface area contributed by atoms with Gasteiger partial charge in [0, 0.05) is 12.6 Å². The Hall–Kier alpha value is -0.120. The van der Waals surface area contributed by atoms with Crippen LogP contribution in [0.2, 0.25) is 0 Å². The van der Waals surface area contributed by atoms with Crippen LogP contribution in [-0.4, -0.2) is 47.5 Å². The number of hydrogen-bond donors (Lipinski definition) is 2. The molecule has 2 N–H and O–H groups in total. The van der Waals surface area contributed by atoms with Crippen LogP contribution < -0.4 is 0 Å². The van der Waals surface area contributed by atoms with Crippen LogP contribution in [0.25, 0.3) is 0 Å². The molecule has 0 aromatic rings. The monoisotopic (exact) mass is 349 g/mol. The van der Waals surface area contributed by atoms with Gasteiger partial charge in [0.1, 0.15) is 0 Å². The van der Waals surface area contributed by atoms with Gasteiger partial charge in [-0.05, 0) is 99.3 Å². The third-order valence-corrected chi connectivity index (χ3v) is 9.57. The number of aliphatic hydroxyl groups excluding tert-OH is 2. The van der Waals surface area contributed by atoms with Crippen molar-refractivity contribution in [2.75, 3.05) is 20.2 Å². The van der Waals surface area contributed by atoms with E-state index in [1.165, 1.54) is 44.9 Å². The molecule has 0 heterocycles. The third-order valence-electron chi connectivity index (χ3n) is 9.57. The number of rotatable bonds is 3. The summed E-state index contributed by atoms with van der Waals surface area (Å²) in [7, 11) is 2.22. The van der Waals surface area contributed by atoms with Gasteiger partial charge in [0.05, 0.1) is 12.7 Å². The molecule has 144 valence electrons. The van der Waals surface area contributed by atoms with Crippen molar-refractivity contribution in [2.24, 2.45) is 34.5 Å². The Kier molecular flexibility index (Phi) is 4.74. The molecule has 0 radical (unpaired) electrons. The van der Waals surface area contributed by atoms with Gasteiger partial charge in [-0.3, -0.25) is 0 Å². The molecule has 0 unspecified atom stereocenters. The molecule has 0 amide bonds. The Morgan fingerprint density at radius 2 is 1.64 bits per heavy atom. The van der Waals surface area contributed by atoms with Gasteiger partial charge in [-0.2, -0.15) is 0 Å². The second-order valence-corrected chi connectivity index (χ2v) is 10.4. The molecule has 4 saturated carbocycles. The van der Waals surface area contributed by atoms with E-state index < -0.39 is 0 Å². The summed E-state index contributed by atoms with van der Waals surface area (Å²) < 4.78 is 0. The summed E-state index contributed by atoms with van der Waals surface area (Å²) in [5, 5.41) is 19.6. The molecule has 4 aliphatic carbocycles. The maximum Gasteiger partial charge on any atom is 0.0558 e.